The highest BCUT2D eigenvalue weighted by Crippen LogP contribution is 2.37. The lowest BCUT2D eigenvalue weighted by Gasteiger charge is -2.17. The number of rotatable bonds is 8. The Morgan fingerprint density at radius 1 is 1.34 bits per heavy atom. The standard InChI is InChI=1S/C19H17BrN6O3/c1-4-25(3)14-6-7-17(18(10-14)22-12-29-5-2)23-24-19-13(11-21)8-15(26(27)28)9-16(19)20/h5-10,12H,2,4H2,1,3H3/b22-12-,24-23?. The van der Waals surface area contributed by atoms with Crippen LogP contribution in [0.2, 0.25) is 0 Å². The molecular weight excluding hydrogens is 440 g/mol. The van der Waals surface area contributed by atoms with Gasteiger partial charge in [0.05, 0.1) is 26.9 Å². The average molecular weight is 457 g/mol. The van der Waals surface area contributed by atoms with E-state index in [2.05, 4.69) is 37.7 Å². The molecule has 0 unspecified atom stereocenters. The van der Waals surface area contributed by atoms with Gasteiger partial charge in [0.1, 0.15) is 17.4 Å². The first-order valence-electron chi connectivity index (χ1n) is 8.35. The Morgan fingerprint density at radius 3 is 2.72 bits per heavy atom. The lowest BCUT2D eigenvalue weighted by atomic mass is 10.2. The molecule has 0 heterocycles. The number of hydrogen-bond acceptors (Lipinski definition) is 8. The van der Waals surface area contributed by atoms with Crippen LogP contribution in [0.25, 0.3) is 0 Å². The predicted octanol–water partition coefficient (Wildman–Crippen LogP) is 5.92. The highest BCUT2D eigenvalue weighted by molar-refractivity contribution is 9.10. The SMILES string of the molecule is C=CO/C=N\c1cc(N(C)CC)ccc1N=Nc1c(Br)cc([N+](=O)[O-])cc1C#N. The number of nitrogens with zero attached hydrogens (tertiary/aromatic N) is 6. The molecule has 0 N–H and O–H groups in total. The fourth-order valence-corrected chi connectivity index (χ4v) is 2.76. The van der Waals surface area contributed by atoms with Crippen LogP contribution in [0, 0.1) is 21.4 Å². The molecule has 0 spiro atoms. The Morgan fingerprint density at radius 2 is 2.10 bits per heavy atom. The first-order valence-corrected chi connectivity index (χ1v) is 9.14. The highest BCUT2D eigenvalue weighted by atomic mass is 79.9. The largest absolute Gasteiger partial charge is 0.454 e. The van der Waals surface area contributed by atoms with Crippen molar-refractivity contribution in [3.63, 3.8) is 0 Å². The summed E-state index contributed by atoms with van der Waals surface area (Å²) in [7, 11) is 1.94. The van der Waals surface area contributed by atoms with E-state index in [0.29, 0.717) is 11.4 Å². The van der Waals surface area contributed by atoms with E-state index in [1.165, 1.54) is 18.7 Å². The number of azo groups is 1. The van der Waals surface area contributed by atoms with Crippen LogP contribution in [0.5, 0.6) is 0 Å². The quantitative estimate of drug-likeness (QED) is 0.122. The van der Waals surface area contributed by atoms with Gasteiger partial charge < -0.3 is 9.64 Å². The second-order valence-electron chi connectivity index (χ2n) is 5.62. The zero-order chi connectivity index (χ0) is 21.4. The van der Waals surface area contributed by atoms with Crippen LogP contribution in [0.3, 0.4) is 0 Å². The van der Waals surface area contributed by atoms with E-state index in [4.69, 9.17) is 4.74 Å². The molecule has 148 valence electrons. The van der Waals surface area contributed by atoms with E-state index in [0.717, 1.165) is 18.3 Å². The summed E-state index contributed by atoms with van der Waals surface area (Å²) >= 11 is 3.21. The first kappa shape index (κ1) is 21.7. The number of nitro groups is 1. The molecule has 0 aliphatic rings. The zero-order valence-electron chi connectivity index (χ0n) is 15.7. The molecule has 2 aromatic carbocycles. The van der Waals surface area contributed by atoms with Crippen molar-refractivity contribution < 1.29 is 9.66 Å². The van der Waals surface area contributed by atoms with Gasteiger partial charge in [-0.05, 0) is 41.1 Å². The number of nitriles is 1. The summed E-state index contributed by atoms with van der Waals surface area (Å²) in [6.07, 6.45) is 2.46. The molecule has 0 atom stereocenters. The summed E-state index contributed by atoms with van der Waals surface area (Å²) in [4.78, 5) is 16.6. The van der Waals surface area contributed by atoms with Crippen LogP contribution in [0.15, 0.2) is 62.9 Å². The van der Waals surface area contributed by atoms with Gasteiger partial charge in [-0.25, -0.2) is 4.99 Å². The number of benzene rings is 2. The number of ether oxygens (including phenoxy) is 1. The molecule has 0 fully saturated rings. The van der Waals surface area contributed by atoms with Gasteiger partial charge in [0.25, 0.3) is 5.69 Å². The normalized spacial score (nSPS) is 10.8. The molecule has 0 aliphatic carbocycles. The third-order valence-electron chi connectivity index (χ3n) is 3.86. The van der Waals surface area contributed by atoms with Gasteiger partial charge in [0, 0.05) is 31.4 Å². The monoisotopic (exact) mass is 456 g/mol. The molecule has 0 aromatic heterocycles. The van der Waals surface area contributed by atoms with Gasteiger partial charge in [-0.1, -0.05) is 6.58 Å². The fourth-order valence-electron chi connectivity index (χ4n) is 2.23. The summed E-state index contributed by atoms with van der Waals surface area (Å²) in [5.41, 5.74) is 1.83. The van der Waals surface area contributed by atoms with Crippen molar-refractivity contribution in [2.75, 3.05) is 18.5 Å². The van der Waals surface area contributed by atoms with Crippen LogP contribution >= 0.6 is 15.9 Å². The Kier molecular flexibility index (Phi) is 7.56. The van der Waals surface area contributed by atoms with Gasteiger partial charge >= 0.3 is 0 Å². The van der Waals surface area contributed by atoms with E-state index < -0.39 is 4.92 Å². The van der Waals surface area contributed by atoms with Crippen LogP contribution in [-0.2, 0) is 4.74 Å². The fraction of sp³-hybridized carbons (Fsp3) is 0.158. The molecule has 29 heavy (non-hydrogen) atoms. The van der Waals surface area contributed by atoms with E-state index in [-0.39, 0.29) is 21.4 Å². The third-order valence-corrected chi connectivity index (χ3v) is 4.46. The minimum absolute atomic E-state index is 0.0252. The van der Waals surface area contributed by atoms with Crippen LogP contribution < -0.4 is 4.90 Å². The molecule has 9 nitrogen and oxygen atoms in total. The summed E-state index contributed by atoms with van der Waals surface area (Å²) in [6, 6.07) is 9.73. The minimum Gasteiger partial charge on any atom is -0.454 e. The highest BCUT2D eigenvalue weighted by Gasteiger charge is 2.15. The van der Waals surface area contributed by atoms with E-state index in [9.17, 15) is 15.4 Å². The van der Waals surface area contributed by atoms with Gasteiger partial charge in [0.15, 0.2) is 6.40 Å². The number of aliphatic imine (C=N–C) groups is 1. The van der Waals surface area contributed by atoms with Gasteiger partial charge in [-0.15, -0.1) is 10.2 Å². The first-order chi connectivity index (χ1) is 13.9. The Labute approximate surface area is 175 Å². The Balaban J connectivity index is 2.50. The smallest absolute Gasteiger partial charge is 0.272 e. The zero-order valence-corrected chi connectivity index (χ0v) is 17.3. The molecule has 0 amide bonds. The van der Waals surface area contributed by atoms with Crippen molar-refractivity contribution in [1.29, 1.82) is 5.26 Å². The number of anilines is 1. The maximum atomic E-state index is 11.0. The maximum absolute atomic E-state index is 11.0. The van der Waals surface area contributed by atoms with Gasteiger partial charge in [0.2, 0.25) is 0 Å². The molecule has 2 aromatic rings. The van der Waals surface area contributed by atoms with Crippen LogP contribution in [0.4, 0.5) is 28.4 Å². The number of nitro benzene ring substituents is 1. The molecule has 0 bridgehead atoms. The van der Waals surface area contributed by atoms with E-state index in [1.807, 2.05) is 37.1 Å². The van der Waals surface area contributed by atoms with Crippen molar-refractivity contribution in [2.45, 2.75) is 6.92 Å². The summed E-state index contributed by atoms with van der Waals surface area (Å²) in [5.74, 6) is 0. The van der Waals surface area contributed by atoms with Crippen molar-refractivity contribution >= 4 is 50.8 Å². The summed E-state index contributed by atoms with van der Waals surface area (Å²) in [5, 5.41) is 28.6. The lowest BCUT2D eigenvalue weighted by Crippen LogP contribution is -2.15. The molecule has 2 rings (SSSR count). The Bertz CT molecular complexity index is 1030. The number of hydrogen-bond donors (Lipinski definition) is 0. The second kappa shape index (κ2) is 10.1. The average Bonchev–Trinajstić information content (AvgIpc) is 2.72. The molecular formula is C19H17BrN6O3. The number of halogens is 1. The minimum atomic E-state index is -0.581. The van der Waals surface area contributed by atoms with Crippen molar-refractivity contribution in [3.8, 4) is 6.07 Å². The van der Waals surface area contributed by atoms with E-state index >= 15 is 0 Å². The lowest BCUT2D eigenvalue weighted by molar-refractivity contribution is -0.384. The summed E-state index contributed by atoms with van der Waals surface area (Å²) < 4.78 is 5.23. The maximum Gasteiger partial charge on any atom is 0.272 e. The molecule has 0 saturated heterocycles. The topological polar surface area (TPSA) is 116 Å². The summed E-state index contributed by atoms with van der Waals surface area (Å²) in [6.45, 7) is 6.27. The van der Waals surface area contributed by atoms with Crippen LogP contribution in [-0.4, -0.2) is 24.9 Å². The molecule has 0 saturated carbocycles. The molecule has 0 radical (unpaired) electrons. The predicted molar refractivity (Wildman–Crippen MR) is 115 cm³/mol. The van der Waals surface area contributed by atoms with E-state index in [1.54, 1.807) is 6.07 Å². The molecule has 10 heteroatoms. The second-order valence-corrected chi connectivity index (χ2v) is 6.47. The Hall–Kier alpha value is -3.58. The third kappa shape index (κ3) is 5.46. The number of non-ortho nitro benzene ring substituents is 1. The molecule has 0 aliphatic heterocycles. The van der Waals surface area contributed by atoms with Gasteiger partial charge in [-0.3, -0.25) is 10.1 Å². The van der Waals surface area contributed by atoms with Crippen molar-refractivity contribution in [3.05, 3.63) is 63.3 Å². The van der Waals surface area contributed by atoms with Crippen LogP contribution in [0.1, 0.15) is 12.5 Å². The van der Waals surface area contributed by atoms with Gasteiger partial charge in [-0.2, -0.15) is 5.26 Å². The van der Waals surface area contributed by atoms with Crippen molar-refractivity contribution in [1.82, 2.24) is 0 Å². The van der Waals surface area contributed by atoms with Crippen molar-refractivity contribution in [2.24, 2.45) is 15.2 Å².